The zero-order chi connectivity index (χ0) is 10.2. The van der Waals surface area contributed by atoms with Gasteiger partial charge in [-0.3, -0.25) is 5.32 Å². The monoisotopic (exact) mass is 191 g/mol. The number of hydrogen-bond donors (Lipinski definition) is 1. The SMILES string of the molecule is Cc1ccc(C2NCC(C)(C)O2)cc1. The van der Waals surface area contributed by atoms with Crippen molar-refractivity contribution in [3.8, 4) is 0 Å². The van der Waals surface area contributed by atoms with Crippen molar-refractivity contribution in [3.63, 3.8) is 0 Å². The standard InChI is InChI=1S/C12H17NO/c1-9-4-6-10(7-5-9)11-13-8-12(2,3)14-11/h4-7,11,13H,8H2,1-3H3. The van der Waals surface area contributed by atoms with Crippen LogP contribution in [0.3, 0.4) is 0 Å². The van der Waals surface area contributed by atoms with Crippen LogP contribution < -0.4 is 5.32 Å². The Morgan fingerprint density at radius 2 is 1.93 bits per heavy atom. The van der Waals surface area contributed by atoms with Crippen molar-refractivity contribution in [1.29, 1.82) is 0 Å². The Morgan fingerprint density at radius 3 is 2.43 bits per heavy atom. The van der Waals surface area contributed by atoms with Gasteiger partial charge in [0.25, 0.3) is 0 Å². The molecule has 2 heteroatoms. The molecule has 1 aliphatic rings. The summed E-state index contributed by atoms with van der Waals surface area (Å²) in [5, 5.41) is 3.36. The van der Waals surface area contributed by atoms with E-state index in [4.69, 9.17) is 4.74 Å². The number of ether oxygens (including phenoxy) is 1. The summed E-state index contributed by atoms with van der Waals surface area (Å²) in [6.07, 6.45) is 0.0607. The summed E-state index contributed by atoms with van der Waals surface area (Å²) in [5.41, 5.74) is 2.45. The van der Waals surface area contributed by atoms with E-state index >= 15 is 0 Å². The van der Waals surface area contributed by atoms with Gasteiger partial charge in [0.1, 0.15) is 6.23 Å². The van der Waals surface area contributed by atoms with Crippen LogP contribution in [-0.2, 0) is 4.74 Å². The lowest BCUT2D eigenvalue weighted by atomic mass is 10.1. The minimum Gasteiger partial charge on any atom is -0.352 e. The first-order valence-electron chi connectivity index (χ1n) is 5.05. The molecule has 0 saturated carbocycles. The Kier molecular flexibility index (Phi) is 2.33. The predicted molar refractivity (Wildman–Crippen MR) is 57.1 cm³/mol. The lowest BCUT2D eigenvalue weighted by Gasteiger charge is -2.17. The van der Waals surface area contributed by atoms with E-state index in [2.05, 4.69) is 50.4 Å². The highest BCUT2D eigenvalue weighted by Gasteiger charge is 2.31. The van der Waals surface area contributed by atoms with Crippen LogP contribution in [0.15, 0.2) is 24.3 Å². The summed E-state index contributed by atoms with van der Waals surface area (Å²) in [5.74, 6) is 0. The van der Waals surface area contributed by atoms with Crippen LogP contribution in [0.1, 0.15) is 31.2 Å². The van der Waals surface area contributed by atoms with E-state index < -0.39 is 0 Å². The number of aryl methyl sites for hydroxylation is 1. The first-order chi connectivity index (χ1) is 6.57. The van der Waals surface area contributed by atoms with Crippen LogP contribution in [0.2, 0.25) is 0 Å². The molecular formula is C12H17NO. The number of nitrogens with one attached hydrogen (secondary N) is 1. The Balaban J connectivity index is 2.14. The summed E-state index contributed by atoms with van der Waals surface area (Å²) in [6.45, 7) is 7.21. The molecule has 1 unspecified atom stereocenters. The molecule has 1 saturated heterocycles. The molecule has 0 spiro atoms. The zero-order valence-corrected chi connectivity index (χ0v) is 9.00. The molecule has 14 heavy (non-hydrogen) atoms. The zero-order valence-electron chi connectivity index (χ0n) is 9.00. The summed E-state index contributed by atoms with van der Waals surface area (Å²) < 4.78 is 5.86. The summed E-state index contributed by atoms with van der Waals surface area (Å²) in [7, 11) is 0. The van der Waals surface area contributed by atoms with Gasteiger partial charge in [-0.05, 0) is 26.3 Å². The van der Waals surface area contributed by atoms with Crippen molar-refractivity contribution >= 4 is 0 Å². The van der Waals surface area contributed by atoms with Gasteiger partial charge in [0, 0.05) is 6.54 Å². The van der Waals surface area contributed by atoms with Gasteiger partial charge in [-0.25, -0.2) is 0 Å². The maximum Gasteiger partial charge on any atom is 0.135 e. The molecule has 2 nitrogen and oxygen atoms in total. The fraction of sp³-hybridized carbons (Fsp3) is 0.500. The van der Waals surface area contributed by atoms with Crippen molar-refractivity contribution in [2.24, 2.45) is 0 Å². The van der Waals surface area contributed by atoms with Crippen LogP contribution >= 0.6 is 0 Å². The lowest BCUT2D eigenvalue weighted by molar-refractivity contribution is -0.0156. The molecule has 1 atom stereocenters. The molecule has 1 aromatic carbocycles. The van der Waals surface area contributed by atoms with Crippen LogP contribution in [0, 0.1) is 6.92 Å². The first-order valence-corrected chi connectivity index (χ1v) is 5.05. The maximum atomic E-state index is 5.86. The highest BCUT2D eigenvalue weighted by atomic mass is 16.5. The third kappa shape index (κ3) is 1.97. The van der Waals surface area contributed by atoms with Gasteiger partial charge in [0.05, 0.1) is 5.60 Å². The molecule has 1 fully saturated rings. The van der Waals surface area contributed by atoms with Gasteiger partial charge in [-0.2, -0.15) is 0 Å². The molecule has 2 rings (SSSR count). The molecule has 0 amide bonds. The number of benzene rings is 1. The van der Waals surface area contributed by atoms with E-state index in [1.54, 1.807) is 0 Å². The van der Waals surface area contributed by atoms with Crippen LogP contribution in [0.4, 0.5) is 0 Å². The van der Waals surface area contributed by atoms with Crippen molar-refractivity contribution in [1.82, 2.24) is 5.32 Å². The van der Waals surface area contributed by atoms with Gasteiger partial charge in [0.15, 0.2) is 0 Å². The third-order valence-electron chi connectivity index (χ3n) is 2.53. The fourth-order valence-electron chi connectivity index (χ4n) is 1.67. The van der Waals surface area contributed by atoms with Crippen LogP contribution in [0.5, 0.6) is 0 Å². The van der Waals surface area contributed by atoms with E-state index in [1.165, 1.54) is 11.1 Å². The molecule has 0 aromatic heterocycles. The van der Waals surface area contributed by atoms with Gasteiger partial charge < -0.3 is 4.74 Å². The minimum atomic E-state index is -0.0461. The Morgan fingerprint density at radius 1 is 1.29 bits per heavy atom. The molecule has 1 heterocycles. The fourth-order valence-corrected chi connectivity index (χ4v) is 1.67. The van der Waals surface area contributed by atoms with Crippen LogP contribution in [-0.4, -0.2) is 12.1 Å². The highest BCUT2D eigenvalue weighted by molar-refractivity contribution is 5.23. The van der Waals surface area contributed by atoms with Crippen LogP contribution in [0.25, 0.3) is 0 Å². The maximum absolute atomic E-state index is 5.86. The Hall–Kier alpha value is -0.860. The summed E-state index contributed by atoms with van der Waals surface area (Å²) >= 11 is 0. The van der Waals surface area contributed by atoms with E-state index in [0.717, 1.165) is 6.54 Å². The smallest absolute Gasteiger partial charge is 0.135 e. The van der Waals surface area contributed by atoms with Crippen molar-refractivity contribution < 1.29 is 4.74 Å². The minimum absolute atomic E-state index is 0.0461. The quantitative estimate of drug-likeness (QED) is 0.736. The number of hydrogen-bond acceptors (Lipinski definition) is 2. The van der Waals surface area contributed by atoms with E-state index in [1.807, 2.05) is 0 Å². The van der Waals surface area contributed by atoms with E-state index in [-0.39, 0.29) is 11.8 Å². The first kappa shape index (κ1) is 9.69. The molecule has 0 radical (unpaired) electrons. The van der Waals surface area contributed by atoms with Gasteiger partial charge >= 0.3 is 0 Å². The summed E-state index contributed by atoms with van der Waals surface area (Å²) in [4.78, 5) is 0. The molecular weight excluding hydrogens is 174 g/mol. The number of rotatable bonds is 1. The largest absolute Gasteiger partial charge is 0.352 e. The highest BCUT2D eigenvalue weighted by Crippen LogP contribution is 2.27. The van der Waals surface area contributed by atoms with Gasteiger partial charge in [-0.1, -0.05) is 29.8 Å². The predicted octanol–water partition coefficient (Wildman–Crippen LogP) is 2.39. The second kappa shape index (κ2) is 3.37. The molecule has 1 aliphatic heterocycles. The lowest BCUT2D eigenvalue weighted by Crippen LogP contribution is -2.23. The van der Waals surface area contributed by atoms with Crippen molar-refractivity contribution in [2.75, 3.05) is 6.54 Å². The van der Waals surface area contributed by atoms with Gasteiger partial charge in [0.2, 0.25) is 0 Å². The second-order valence-electron chi connectivity index (χ2n) is 4.55. The Labute approximate surface area is 85.3 Å². The van der Waals surface area contributed by atoms with E-state index in [9.17, 15) is 0 Å². The van der Waals surface area contributed by atoms with Crippen molar-refractivity contribution in [2.45, 2.75) is 32.6 Å². The molecule has 0 bridgehead atoms. The normalized spacial score (nSPS) is 25.2. The molecule has 1 aromatic rings. The topological polar surface area (TPSA) is 21.3 Å². The second-order valence-corrected chi connectivity index (χ2v) is 4.55. The van der Waals surface area contributed by atoms with Crippen molar-refractivity contribution in [3.05, 3.63) is 35.4 Å². The van der Waals surface area contributed by atoms with E-state index in [0.29, 0.717) is 0 Å². The average molecular weight is 191 g/mol. The third-order valence-corrected chi connectivity index (χ3v) is 2.53. The molecule has 76 valence electrons. The molecule has 1 N–H and O–H groups in total. The van der Waals surface area contributed by atoms with Gasteiger partial charge in [-0.15, -0.1) is 0 Å². The Bertz CT molecular complexity index is 316. The average Bonchev–Trinajstić information content (AvgIpc) is 2.47. The molecule has 0 aliphatic carbocycles. The summed E-state index contributed by atoms with van der Waals surface area (Å²) in [6, 6.07) is 8.47.